The molecule has 0 aromatic heterocycles. The van der Waals surface area contributed by atoms with Crippen molar-refractivity contribution in [3.05, 3.63) is 0 Å². The Hall–Kier alpha value is 0.250. The number of hydrogen-bond donors (Lipinski definition) is 1. The van der Waals surface area contributed by atoms with E-state index >= 15 is 0 Å². The van der Waals surface area contributed by atoms with Crippen molar-refractivity contribution in [2.24, 2.45) is 5.41 Å². The molecule has 1 unspecified atom stereocenters. The van der Waals surface area contributed by atoms with Crippen molar-refractivity contribution in [2.75, 3.05) is 0 Å². The van der Waals surface area contributed by atoms with Crippen LogP contribution in [0.4, 0.5) is 0 Å². The first kappa shape index (κ1) is 8.35. The Morgan fingerprint density at radius 2 is 2.20 bits per heavy atom. The average Bonchev–Trinajstić information content (AvgIpc) is 1.86. The predicted octanol–water partition coefficient (Wildman–Crippen LogP) is 2.70. The van der Waals surface area contributed by atoms with E-state index in [9.17, 15) is 0 Å². The van der Waals surface area contributed by atoms with Gasteiger partial charge in [0, 0.05) is 6.04 Å². The van der Waals surface area contributed by atoms with Crippen LogP contribution in [0.25, 0.3) is 0 Å². The van der Waals surface area contributed by atoms with Crippen LogP contribution < -0.4 is 4.84 Å². The van der Waals surface area contributed by atoms with Crippen molar-refractivity contribution < 1.29 is 0 Å². The van der Waals surface area contributed by atoms with E-state index in [0.717, 1.165) is 0 Å². The van der Waals surface area contributed by atoms with E-state index in [0.29, 0.717) is 11.5 Å². The Balaban J connectivity index is 2.40. The highest BCUT2D eigenvalue weighted by molar-refractivity contribution is 6.13. The van der Waals surface area contributed by atoms with E-state index in [4.69, 9.17) is 11.8 Å². The summed E-state index contributed by atoms with van der Waals surface area (Å²) in [7, 11) is 0. The summed E-state index contributed by atoms with van der Waals surface area (Å²) >= 11 is 5.56. The molecule has 0 saturated heterocycles. The van der Waals surface area contributed by atoms with Crippen LogP contribution in [0.15, 0.2) is 0 Å². The number of hydrogen-bond acceptors (Lipinski definition) is 1. The van der Waals surface area contributed by atoms with E-state index in [1.165, 1.54) is 25.7 Å². The Kier molecular flexibility index (Phi) is 2.59. The summed E-state index contributed by atoms with van der Waals surface area (Å²) in [4.78, 5) is 2.83. The van der Waals surface area contributed by atoms with E-state index in [-0.39, 0.29) is 0 Å². The molecule has 0 aromatic rings. The van der Waals surface area contributed by atoms with Gasteiger partial charge in [-0.2, -0.15) is 0 Å². The van der Waals surface area contributed by atoms with Gasteiger partial charge in [0.1, 0.15) is 0 Å². The lowest BCUT2D eigenvalue weighted by Crippen LogP contribution is -2.32. The summed E-state index contributed by atoms with van der Waals surface area (Å²) in [6.07, 6.45) is 5.13. The van der Waals surface area contributed by atoms with E-state index < -0.39 is 0 Å². The van der Waals surface area contributed by atoms with Crippen LogP contribution in [0.2, 0.25) is 0 Å². The third-order valence-corrected chi connectivity index (χ3v) is 2.67. The lowest BCUT2D eigenvalue weighted by molar-refractivity contribution is 0.213. The molecular formula is C8H16ClN. The zero-order valence-electron chi connectivity index (χ0n) is 6.78. The first-order chi connectivity index (χ1) is 4.64. The fraction of sp³-hybridized carbons (Fsp3) is 1.00. The standard InChI is InChI=1S/C8H16ClN/c1-8(2)5-3-4-7(6-8)10-9/h7,10H,3-6H2,1-2H3. The van der Waals surface area contributed by atoms with Crippen molar-refractivity contribution in [3.63, 3.8) is 0 Å². The van der Waals surface area contributed by atoms with E-state index in [2.05, 4.69) is 18.7 Å². The van der Waals surface area contributed by atoms with Gasteiger partial charge in [0.15, 0.2) is 0 Å². The molecule has 60 valence electrons. The van der Waals surface area contributed by atoms with Gasteiger partial charge in [-0.3, -0.25) is 0 Å². The maximum absolute atomic E-state index is 5.56. The van der Waals surface area contributed by atoms with Gasteiger partial charge < -0.3 is 0 Å². The third kappa shape index (κ3) is 2.14. The largest absolute Gasteiger partial charge is 0.230 e. The van der Waals surface area contributed by atoms with E-state index in [1.54, 1.807) is 0 Å². The minimum absolute atomic E-state index is 0.505. The second kappa shape index (κ2) is 3.10. The summed E-state index contributed by atoms with van der Waals surface area (Å²) in [5.41, 5.74) is 0.505. The van der Waals surface area contributed by atoms with Gasteiger partial charge in [-0.1, -0.05) is 20.3 Å². The summed E-state index contributed by atoms with van der Waals surface area (Å²) in [5.74, 6) is 0. The molecule has 1 aliphatic carbocycles. The van der Waals surface area contributed by atoms with Gasteiger partial charge in [0.25, 0.3) is 0 Å². The van der Waals surface area contributed by atoms with Crippen molar-refractivity contribution >= 4 is 11.8 Å². The van der Waals surface area contributed by atoms with Crippen LogP contribution in [-0.2, 0) is 0 Å². The average molecular weight is 162 g/mol. The highest BCUT2D eigenvalue weighted by Crippen LogP contribution is 2.35. The molecule has 1 N–H and O–H groups in total. The molecule has 0 radical (unpaired) electrons. The number of halogens is 1. The molecule has 10 heavy (non-hydrogen) atoms. The maximum Gasteiger partial charge on any atom is 0.0226 e. The van der Waals surface area contributed by atoms with Crippen molar-refractivity contribution in [2.45, 2.75) is 45.6 Å². The lowest BCUT2D eigenvalue weighted by atomic mass is 9.75. The fourth-order valence-corrected chi connectivity index (χ4v) is 1.98. The van der Waals surface area contributed by atoms with Crippen molar-refractivity contribution in [1.29, 1.82) is 0 Å². The van der Waals surface area contributed by atoms with Crippen LogP contribution >= 0.6 is 11.8 Å². The highest BCUT2D eigenvalue weighted by Gasteiger charge is 2.27. The van der Waals surface area contributed by atoms with Crippen LogP contribution in [0, 0.1) is 5.41 Å². The minimum atomic E-state index is 0.505. The Morgan fingerprint density at radius 3 is 2.60 bits per heavy atom. The molecule has 0 bridgehead atoms. The molecule has 1 aliphatic rings. The summed E-state index contributed by atoms with van der Waals surface area (Å²) in [6, 6.07) is 0.547. The van der Waals surface area contributed by atoms with Gasteiger partial charge in [0.05, 0.1) is 0 Å². The van der Waals surface area contributed by atoms with Gasteiger partial charge in [0.2, 0.25) is 0 Å². The maximum atomic E-state index is 5.56. The molecule has 0 spiro atoms. The second-order valence-corrected chi connectivity index (χ2v) is 4.28. The van der Waals surface area contributed by atoms with Gasteiger partial charge in [-0.15, -0.1) is 0 Å². The first-order valence-electron chi connectivity index (χ1n) is 4.00. The van der Waals surface area contributed by atoms with E-state index in [1.807, 2.05) is 0 Å². The van der Waals surface area contributed by atoms with Crippen molar-refractivity contribution in [1.82, 2.24) is 4.84 Å². The number of nitrogens with one attached hydrogen (secondary N) is 1. The second-order valence-electron chi connectivity index (χ2n) is 4.07. The molecule has 2 heteroatoms. The summed E-state index contributed by atoms with van der Waals surface area (Å²) in [6.45, 7) is 4.63. The highest BCUT2D eigenvalue weighted by atomic mass is 35.5. The molecule has 1 fully saturated rings. The van der Waals surface area contributed by atoms with Crippen LogP contribution in [0.3, 0.4) is 0 Å². The van der Waals surface area contributed by atoms with Gasteiger partial charge in [-0.05, 0) is 36.5 Å². The normalized spacial score (nSPS) is 32.1. The molecule has 1 saturated carbocycles. The fourth-order valence-electron chi connectivity index (χ4n) is 1.79. The minimum Gasteiger partial charge on any atom is -0.230 e. The predicted molar refractivity (Wildman–Crippen MR) is 45.0 cm³/mol. The zero-order chi connectivity index (χ0) is 7.61. The van der Waals surface area contributed by atoms with Gasteiger partial charge >= 0.3 is 0 Å². The molecule has 0 heterocycles. The molecule has 1 nitrogen and oxygen atoms in total. The van der Waals surface area contributed by atoms with Gasteiger partial charge in [-0.25, -0.2) is 4.84 Å². The monoisotopic (exact) mass is 161 g/mol. The lowest BCUT2D eigenvalue weighted by Gasteiger charge is -2.34. The molecule has 0 aromatic carbocycles. The molecule has 1 atom stereocenters. The molecular weight excluding hydrogens is 146 g/mol. The zero-order valence-corrected chi connectivity index (χ0v) is 7.54. The SMILES string of the molecule is CC1(C)CCCC(NCl)C1. The summed E-state index contributed by atoms with van der Waals surface area (Å²) < 4.78 is 0. The Bertz CT molecular complexity index is 112. The summed E-state index contributed by atoms with van der Waals surface area (Å²) in [5, 5.41) is 0. The topological polar surface area (TPSA) is 12.0 Å². The smallest absolute Gasteiger partial charge is 0.0226 e. The number of rotatable bonds is 1. The van der Waals surface area contributed by atoms with Crippen LogP contribution in [0.1, 0.15) is 39.5 Å². The quantitative estimate of drug-likeness (QED) is 0.584. The first-order valence-corrected chi connectivity index (χ1v) is 4.38. The Morgan fingerprint density at radius 1 is 1.50 bits per heavy atom. The third-order valence-electron chi connectivity index (χ3n) is 2.36. The van der Waals surface area contributed by atoms with Crippen LogP contribution in [-0.4, -0.2) is 6.04 Å². The van der Waals surface area contributed by atoms with Crippen molar-refractivity contribution in [3.8, 4) is 0 Å². The Labute approximate surface area is 68.3 Å². The van der Waals surface area contributed by atoms with Crippen LogP contribution in [0.5, 0.6) is 0 Å². The molecule has 0 aliphatic heterocycles. The molecule has 1 rings (SSSR count). The molecule has 0 amide bonds.